The number of aliphatic carboxylic acids is 5. The zero-order valence-electron chi connectivity index (χ0n) is 68.6. The van der Waals surface area contributed by atoms with Gasteiger partial charge in [-0.2, -0.15) is 11.8 Å². The van der Waals surface area contributed by atoms with Crippen molar-refractivity contribution in [3.63, 3.8) is 0 Å². The van der Waals surface area contributed by atoms with Crippen molar-refractivity contribution >= 4 is 148 Å². The molecule has 1 fully saturated rings. The van der Waals surface area contributed by atoms with E-state index >= 15 is 0 Å². The molecule has 0 bridgehead atoms. The van der Waals surface area contributed by atoms with Gasteiger partial charge in [-0.1, -0.05) is 13.8 Å². The third-order valence-electron chi connectivity index (χ3n) is 17.9. The number of carboxylic acid groups (broad SMARTS) is 5. The fourth-order valence-corrected chi connectivity index (χ4v) is 12.3. The van der Waals surface area contributed by atoms with Gasteiger partial charge in [-0.15, -0.1) is 0 Å². The monoisotopic (exact) mass is 1760 g/mol. The Balaban J connectivity index is 3.09. The fourth-order valence-electron chi connectivity index (χ4n) is 11.7. The van der Waals surface area contributed by atoms with Crippen LogP contribution in [0.4, 0.5) is 0 Å². The van der Waals surface area contributed by atoms with Gasteiger partial charge in [0.1, 0.15) is 79.1 Å². The van der Waals surface area contributed by atoms with Crippen LogP contribution in [0.5, 0.6) is 0 Å². The van der Waals surface area contributed by atoms with E-state index in [1.165, 1.54) is 18.7 Å². The van der Waals surface area contributed by atoms with Crippen LogP contribution in [0.1, 0.15) is 156 Å². The summed E-state index contributed by atoms with van der Waals surface area (Å²) in [7, 11) is 0. The Morgan fingerprint density at radius 2 is 0.820 bits per heavy atom. The lowest BCUT2D eigenvalue weighted by atomic mass is 10.0. The highest BCUT2D eigenvalue weighted by atomic mass is 32.2. The number of hydrogen-bond acceptors (Lipinski definition) is 26. The van der Waals surface area contributed by atoms with E-state index in [0.717, 1.165) is 11.8 Å². The molecular weight excluding hydrogens is 1640 g/mol. The summed E-state index contributed by atoms with van der Waals surface area (Å²) in [6.45, 7) is 3.67. The number of nitrogens with two attached hydrogens (primary N) is 4. The number of thioether (sulfide) groups is 1. The lowest BCUT2D eigenvalue weighted by molar-refractivity contribution is -0.142. The maximum atomic E-state index is 14.3. The Morgan fingerprint density at radius 1 is 0.426 bits per heavy atom. The number of likely N-dealkylation sites (tertiary alicyclic amines) is 1. The number of ether oxygens (including phenoxy) is 1. The molecule has 12 atom stereocenters. The first-order valence-electron chi connectivity index (χ1n) is 39.1. The van der Waals surface area contributed by atoms with Crippen molar-refractivity contribution in [1.29, 1.82) is 10.8 Å². The molecule has 1 aliphatic rings. The van der Waals surface area contributed by atoms with Gasteiger partial charge in [0.25, 0.3) is 0 Å². The molecule has 0 radical (unpaired) electrons. The van der Waals surface area contributed by atoms with Crippen LogP contribution in [0.3, 0.4) is 0 Å². The zero-order valence-corrected chi connectivity index (χ0v) is 69.4. The van der Waals surface area contributed by atoms with E-state index in [1.54, 1.807) is 20.1 Å². The molecule has 51 heteroatoms. The first-order chi connectivity index (χ1) is 57.4. The van der Waals surface area contributed by atoms with Gasteiger partial charge < -0.3 is 143 Å². The highest BCUT2D eigenvalue weighted by molar-refractivity contribution is 7.98. The van der Waals surface area contributed by atoms with Gasteiger partial charge in [-0.25, -0.2) is 0 Å². The average Bonchev–Trinajstić information content (AvgIpc) is 1.64. The van der Waals surface area contributed by atoms with Crippen LogP contribution < -0.4 is 108 Å². The van der Waals surface area contributed by atoms with E-state index in [4.69, 9.17) is 38.5 Å². The predicted molar refractivity (Wildman–Crippen MR) is 430 cm³/mol. The van der Waals surface area contributed by atoms with Crippen LogP contribution in [0, 0.1) is 16.7 Å². The lowest BCUT2D eigenvalue weighted by Gasteiger charge is -2.31. The van der Waals surface area contributed by atoms with Crippen molar-refractivity contribution in [3.8, 4) is 0 Å². The minimum absolute atomic E-state index is 0.0101. The molecule has 1 saturated heterocycles. The maximum absolute atomic E-state index is 14.3. The molecule has 0 aromatic carbocycles. The molecule has 1 rings (SSSR count). The summed E-state index contributed by atoms with van der Waals surface area (Å²) >= 11 is 1.13. The number of amides is 16. The molecule has 0 saturated carbocycles. The van der Waals surface area contributed by atoms with Gasteiger partial charge in [-0.3, -0.25) is 112 Å². The van der Waals surface area contributed by atoms with E-state index in [2.05, 4.69) is 85.1 Å². The summed E-state index contributed by atoms with van der Waals surface area (Å²) in [6, 6.07) is -18.1. The number of carboxylic acids is 5. The van der Waals surface area contributed by atoms with Crippen molar-refractivity contribution < 1.29 is 131 Å². The number of guanidine groups is 2. The van der Waals surface area contributed by atoms with Gasteiger partial charge in [0, 0.05) is 71.0 Å². The minimum Gasteiger partial charge on any atom is -0.481 e. The molecule has 122 heavy (non-hydrogen) atoms. The minimum atomic E-state index is -2.00. The zero-order chi connectivity index (χ0) is 92.3. The Hall–Kier alpha value is -12.3. The normalized spacial score (nSPS) is 14.8. The number of carbonyl (C=O) groups is 21. The van der Waals surface area contributed by atoms with Crippen LogP contribution in [0.2, 0.25) is 0 Å². The molecule has 1 aliphatic heterocycles. The number of hydrogen-bond donors (Lipinski definition) is 27. The van der Waals surface area contributed by atoms with E-state index in [9.17, 15) is 126 Å². The number of nitrogens with zero attached hydrogens (tertiary/aromatic N) is 1. The van der Waals surface area contributed by atoms with Gasteiger partial charge in [0.05, 0.1) is 19.7 Å². The second-order valence-electron chi connectivity index (χ2n) is 28.6. The van der Waals surface area contributed by atoms with Crippen molar-refractivity contribution in [2.45, 2.75) is 229 Å². The van der Waals surface area contributed by atoms with Gasteiger partial charge in [0.15, 0.2) is 11.9 Å². The standard InChI is InChI=1S/C71H119N23O27S/c1-36(2)31-47(93-68(119)49-14-10-29-94(49)69(120)46(13-9-27-80-71(76)77)92-61(112)40(84-38(4)95)12-8-26-79-70(74)75)60(111)82-33-51(97)86-48(35-122-5)67(118)83-37(3)59(110)81-32-50(96)78-28-30-121-34-52(98)85-41(15-20-53(99)100)62(113)88-43(17-22-55(103)104)64(115)90-45(19-24-57(107)108)66(117)91-44(18-23-56(105)106)65(116)89-42(16-21-54(101)102)63(114)87-39(58(73)109)11-6-7-25-72/h36-37,39-49H,6-35,72H2,1-5H3,(H2,73,109)(H,78,96)(H,81,110)(H,82,111)(H,83,118)(H,84,95)(H,85,98)(H,86,97)(H,87,114)(H,88,113)(H,89,116)(H,90,115)(H,91,117)(H,92,112)(H,93,119)(H,99,100)(H,101,102)(H,103,104)(H,105,106)(H,107,108)(H4,74,75,79)(H4,76,77,80)/t37-,39+,40+,41+,42+,43+,44+,45+,46+,47-,48?,49?/m0/s1. The first kappa shape index (κ1) is 108. The summed E-state index contributed by atoms with van der Waals surface area (Å²) in [5, 5.41) is 101. The Morgan fingerprint density at radius 3 is 1.24 bits per heavy atom. The molecule has 2 unspecified atom stereocenters. The molecule has 0 spiro atoms. The van der Waals surface area contributed by atoms with E-state index in [0.29, 0.717) is 19.3 Å². The largest absolute Gasteiger partial charge is 0.481 e. The van der Waals surface area contributed by atoms with Crippen molar-refractivity contribution in [3.05, 3.63) is 0 Å². The fraction of sp³-hybridized carbons (Fsp3) is 0.676. The number of unbranched alkanes of at least 4 members (excludes halogenated alkanes) is 1. The van der Waals surface area contributed by atoms with Crippen molar-refractivity contribution in [2.24, 2.45) is 28.9 Å². The molecule has 31 N–H and O–H groups in total. The molecule has 50 nitrogen and oxygen atoms in total. The molecular formula is C71H119N23O27S. The topological polar surface area (TPSA) is 816 Å². The quantitative estimate of drug-likeness (QED) is 0.0153. The summed E-state index contributed by atoms with van der Waals surface area (Å²) in [5.74, 6) is -23.8. The SMILES string of the molecule is CSCC(NC(=O)CNC(=O)[C@H](CC(C)C)NC(=O)C1CCCN1C(=O)[C@@H](CCCNC(=N)N)NC(=O)[C@@H](CCCNC(=N)N)NC(C)=O)C(=O)N[C@@H](C)C(=O)NCC(=O)NCCOCC(=O)N[C@H](CCC(=O)O)C(=O)N[C@H](CCC(=O)O)C(=O)N[C@H](CCC(=O)O)C(=O)N[C@H](CCC(=O)O)C(=O)N[C@H](CCC(=O)O)C(=O)N[C@H](CCCCN)C(N)=O. The van der Waals surface area contributed by atoms with Crippen LogP contribution in [-0.2, 0) is 105 Å². The van der Waals surface area contributed by atoms with Gasteiger partial charge >= 0.3 is 29.8 Å². The summed E-state index contributed by atoms with van der Waals surface area (Å²) in [6.07, 6.45) is -4.32. The highest BCUT2D eigenvalue weighted by Crippen LogP contribution is 2.22. The second-order valence-corrected chi connectivity index (χ2v) is 29.5. The smallest absolute Gasteiger partial charge is 0.303 e. The first-order valence-corrected chi connectivity index (χ1v) is 40.5. The number of nitrogens with one attached hydrogen (secondary N) is 18. The lowest BCUT2D eigenvalue weighted by Crippen LogP contribution is -2.59. The Bertz CT molecular complexity index is 3650. The predicted octanol–water partition coefficient (Wildman–Crippen LogP) is -9.41. The van der Waals surface area contributed by atoms with Crippen LogP contribution in [-0.4, -0.2) is 310 Å². The molecule has 1 heterocycles. The number of carbonyl (C=O) groups excluding carboxylic acids is 16. The third kappa shape index (κ3) is 46.3. The molecule has 0 aliphatic carbocycles. The van der Waals surface area contributed by atoms with E-state index in [1.807, 2.05) is 0 Å². The summed E-state index contributed by atoms with van der Waals surface area (Å²) < 4.78 is 5.28. The summed E-state index contributed by atoms with van der Waals surface area (Å²) in [5.41, 5.74) is 21.7. The Kier molecular flexibility index (Phi) is 51.7. The molecule has 0 aromatic heterocycles. The average molecular weight is 1760 g/mol. The highest BCUT2D eigenvalue weighted by Gasteiger charge is 2.41. The molecule has 686 valence electrons. The van der Waals surface area contributed by atoms with Crippen molar-refractivity contribution in [1.82, 2.24) is 90.0 Å². The third-order valence-corrected chi connectivity index (χ3v) is 18.5. The van der Waals surface area contributed by atoms with E-state index < -0.39 is 287 Å². The van der Waals surface area contributed by atoms with Crippen LogP contribution in [0.25, 0.3) is 0 Å². The number of rotatable bonds is 63. The van der Waals surface area contributed by atoms with Gasteiger partial charge in [-0.05, 0) is 122 Å². The Labute approximate surface area is 705 Å². The summed E-state index contributed by atoms with van der Waals surface area (Å²) in [4.78, 5) is 275. The van der Waals surface area contributed by atoms with Crippen LogP contribution >= 0.6 is 11.8 Å². The van der Waals surface area contributed by atoms with Gasteiger partial charge in [0.2, 0.25) is 94.5 Å². The second kappa shape index (κ2) is 58.6. The maximum Gasteiger partial charge on any atom is 0.303 e. The van der Waals surface area contributed by atoms with Crippen LogP contribution in [0.15, 0.2) is 0 Å². The van der Waals surface area contributed by atoms with Crippen molar-refractivity contribution in [2.75, 3.05) is 71.0 Å². The number of primary amides is 1. The molecule has 16 amide bonds. The molecule has 0 aromatic rings. The van der Waals surface area contributed by atoms with E-state index in [-0.39, 0.29) is 101 Å².